The first kappa shape index (κ1) is 30.2. The minimum absolute atomic E-state index is 0. The van der Waals surface area contributed by atoms with E-state index in [0.717, 1.165) is 0 Å². The van der Waals surface area contributed by atoms with Gasteiger partial charge in [0.25, 0.3) is 0 Å². The van der Waals surface area contributed by atoms with Crippen LogP contribution in [0.2, 0.25) is 0 Å². The average molecular weight is 488 g/mol. The van der Waals surface area contributed by atoms with E-state index in [0.29, 0.717) is 0 Å². The average Bonchev–Trinajstić information content (AvgIpc) is 2.45. The van der Waals surface area contributed by atoms with Crippen LogP contribution in [0.25, 0.3) is 0 Å². The van der Waals surface area contributed by atoms with Crippen molar-refractivity contribution in [2.45, 2.75) is 47.2 Å². The molecule has 0 saturated carbocycles. The van der Waals surface area contributed by atoms with Crippen LogP contribution in [0, 0.1) is 0 Å². The van der Waals surface area contributed by atoms with Gasteiger partial charge >= 0.3 is 76.8 Å². The molecule has 20 heteroatoms. The van der Waals surface area contributed by atoms with E-state index in [2.05, 4.69) is 0 Å². The molecule has 0 fully saturated rings. The summed E-state index contributed by atoms with van der Waals surface area (Å²) in [7, 11) is 0. The molecule has 0 spiro atoms. The fourth-order valence-electron chi connectivity index (χ4n) is 1.23. The molecule has 2 nitrogen and oxygen atoms in total. The predicted molar refractivity (Wildman–Crippen MR) is 49.6 cm³/mol. The summed E-state index contributed by atoms with van der Waals surface area (Å²) < 4.78 is 222. The Labute approximate surface area is 167 Å². The molecule has 0 N–H and O–H groups in total. The third-order valence-electron chi connectivity index (χ3n) is 2.84. The number of hydrogen-bond donors (Lipinski definition) is 0. The summed E-state index contributed by atoms with van der Waals surface area (Å²) in [6, 6.07) is 0. The van der Waals surface area contributed by atoms with E-state index in [1.807, 2.05) is 0 Å². The number of alkyl halides is 16. The number of rotatable bonds is 8. The molecule has 0 saturated heterocycles. The van der Waals surface area contributed by atoms with Crippen LogP contribution in [0.3, 0.4) is 0 Å². The summed E-state index contributed by atoms with van der Waals surface area (Å²) >= 11 is -5.75. The van der Waals surface area contributed by atoms with E-state index in [1.54, 1.807) is 0 Å². The molecule has 0 aromatic rings. The molecule has 1 atom stereocenters. The van der Waals surface area contributed by atoms with Gasteiger partial charge in [-0.05, 0) is 0 Å². The Morgan fingerprint density at radius 1 is 0.571 bits per heavy atom. The molecule has 0 aromatic heterocycles. The van der Waals surface area contributed by atoms with Crippen molar-refractivity contribution >= 4 is 11.1 Å². The fraction of sp³-hybridized carbons (Fsp3) is 1.00. The number of hydrogen-bond acceptors (Lipinski definition) is 2. The molecule has 0 rings (SSSR count). The number of halogens is 16. The van der Waals surface area contributed by atoms with Gasteiger partial charge in [-0.15, -0.1) is 0 Å². The van der Waals surface area contributed by atoms with Crippen LogP contribution in [0.4, 0.5) is 70.2 Å². The van der Waals surface area contributed by atoms with Gasteiger partial charge in [-0.1, -0.05) is 0 Å². The summed E-state index contributed by atoms with van der Waals surface area (Å²) in [5.41, 5.74) is 0. The van der Waals surface area contributed by atoms with Crippen molar-refractivity contribution in [3.05, 3.63) is 0 Å². The first-order valence-corrected chi connectivity index (χ1v) is 6.48. The van der Waals surface area contributed by atoms with Gasteiger partial charge in [0.05, 0.1) is 0 Å². The SMILES string of the molecule is O=S([O-])C(F)(F)C(F)(F)C(F)(F)C(F)(F)C(F)(F)C(F)(F)C(F)(F)C(F)F.[Na+]. The third-order valence-corrected chi connectivity index (χ3v) is 3.52. The van der Waals surface area contributed by atoms with Crippen LogP contribution in [0.15, 0.2) is 0 Å². The zero-order chi connectivity index (χ0) is 22.7. The smallest absolute Gasteiger partial charge is 0.768 e. The molecule has 0 radical (unpaired) electrons. The molecule has 0 aliphatic heterocycles. The monoisotopic (exact) mass is 488 g/mol. The zero-order valence-electron chi connectivity index (χ0n) is 12.3. The van der Waals surface area contributed by atoms with Crippen molar-refractivity contribution in [2.75, 3.05) is 0 Å². The second-order valence-electron chi connectivity index (χ2n) is 4.55. The van der Waals surface area contributed by atoms with Gasteiger partial charge in [-0.2, -0.15) is 61.5 Å². The second-order valence-corrected chi connectivity index (χ2v) is 5.53. The Morgan fingerprint density at radius 2 is 0.821 bits per heavy atom. The Morgan fingerprint density at radius 3 is 1.07 bits per heavy atom. The van der Waals surface area contributed by atoms with Gasteiger partial charge in [-0.25, -0.2) is 8.78 Å². The largest absolute Gasteiger partial charge is 1.00 e. The molecule has 0 heterocycles. The Hall–Kier alpha value is -0.0100. The zero-order valence-corrected chi connectivity index (χ0v) is 15.2. The molecule has 0 aliphatic rings. The van der Waals surface area contributed by atoms with E-state index < -0.39 is 58.3 Å². The first-order valence-electron chi connectivity index (χ1n) is 5.41. The van der Waals surface area contributed by atoms with Gasteiger partial charge in [0, 0.05) is 11.1 Å². The summed E-state index contributed by atoms with van der Waals surface area (Å²) in [6.07, 6.45) is -5.93. The van der Waals surface area contributed by atoms with Gasteiger partial charge < -0.3 is 4.55 Å². The van der Waals surface area contributed by atoms with Gasteiger partial charge in [0.1, 0.15) is 0 Å². The van der Waals surface area contributed by atoms with Crippen molar-refractivity contribution in [3.8, 4) is 0 Å². The van der Waals surface area contributed by atoms with Crippen LogP contribution in [0.5, 0.6) is 0 Å². The Bertz CT molecular complexity index is 589. The molecular formula is C8HF16NaO2S. The summed E-state index contributed by atoms with van der Waals surface area (Å²) in [6.45, 7) is 0. The third kappa shape index (κ3) is 3.73. The van der Waals surface area contributed by atoms with Gasteiger partial charge in [0.15, 0.2) is 0 Å². The molecule has 0 bridgehead atoms. The molecule has 164 valence electrons. The van der Waals surface area contributed by atoms with Crippen molar-refractivity contribution in [2.24, 2.45) is 0 Å². The summed E-state index contributed by atoms with van der Waals surface area (Å²) in [5.74, 6) is -49.4. The molecule has 0 aromatic carbocycles. The normalized spacial score (nSPS) is 16.8. The minimum atomic E-state index is -8.59. The Balaban J connectivity index is 0. The first-order chi connectivity index (χ1) is 11.4. The van der Waals surface area contributed by atoms with Gasteiger partial charge in [0.2, 0.25) is 0 Å². The van der Waals surface area contributed by atoms with E-state index in [-0.39, 0.29) is 29.6 Å². The molecular weight excluding hydrogens is 487 g/mol. The molecule has 28 heavy (non-hydrogen) atoms. The topological polar surface area (TPSA) is 40.1 Å². The standard InChI is InChI=1S/C8H2F16O2S.Na/c9-1(10)2(11,12)3(13,14)4(15,16)5(17,18)6(19,20)7(21,22)8(23,24)27(25)26;/h1H,(H,25,26);/q;+1/p-1. The van der Waals surface area contributed by atoms with Crippen molar-refractivity contribution < 1.29 is 109 Å². The predicted octanol–water partition coefficient (Wildman–Crippen LogP) is 1.54. The van der Waals surface area contributed by atoms with Crippen molar-refractivity contribution in [3.63, 3.8) is 0 Å². The maximum atomic E-state index is 13.0. The maximum Gasteiger partial charge on any atom is 1.00 e. The molecule has 0 aliphatic carbocycles. The second kappa shape index (κ2) is 7.92. The fourth-order valence-corrected chi connectivity index (χ4v) is 1.56. The van der Waals surface area contributed by atoms with E-state index in [9.17, 15) is 79.0 Å². The van der Waals surface area contributed by atoms with Crippen LogP contribution in [-0.2, 0) is 11.1 Å². The maximum absolute atomic E-state index is 13.0. The van der Waals surface area contributed by atoms with Crippen LogP contribution >= 0.6 is 0 Å². The van der Waals surface area contributed by atoms with E-state index in [1.165, 1.54) is 0 Å². The van der Waals surface area contributed by atoms with Crippen molar-refractivity contribution in [1.82, 2.24) is 0 Å². The quantitative estimate of drug-likeness (QED) is 0.296. The Kier molecular flexibility index (Phi) is 8.53. The van der Waals surface area contributed by atoms with Crippen LogP contribution < -0.4 is 29.6 Å². The van der Waals surface area contributed by atoms with Crippen LogP contribution in [-0.4, -0.2) is 56.0 Å². The minimum Gasteiger partial charge on any atom is -0.768 e. The molecule has 0 amide bonds. The van der Waals surface area contributed by atoms with Gasteiger partial charge in [-0.3, -0.25) is 4.21 Å². The van der Waals surface area contributed by atoms with E-state index >= 15 is 0 Å². The van der Waals surface area contributed by atoms with Crippen molar-refractivity contribution in [1.29, 1.82) is 0 Å². The van der Waals surface area contributed by atoms with Crippen LogP contribution in [0.1, 0.15) is 0 Å². The van der Waals surface area contributed by atoms with E-state index in [4.69, 9.17) is 0 Å². The summed E-state index contributed by atoms with van der Waals surface area (Å²) in [5, 5.41) is -7.31. The summed E-state index contributed by atoms with van der Waals surface area (Å²) in [4.78, 5) is 0. The molecule has 1 unspecified atom stereocenters.